The van der Waals surface area contributed by atoms with E-state index in [-0.39, 0.29) is 5.69 Å². The van der Waals surface area contributed by atoms with E-state index in [9.17, 15) is 13.2 Å². The van der Waals surface area contributed by atoms with E-state index in [1.165, 1.54) is 6.07 Å². The zero-order valence-electron chi connectivity index (χ0n) is 11.7. The number of rotatable bonds is 2. The number of hydrogen-bond acceptors (Lipinski definition) is 2. The van der Waals surface area contributed by atoms with Crippen LogP contribution in [0.3, 0.4) is 0 Å². The van der Waals surface area contributed by atoms with Gasteiger partial charge < -0.3 is 15.0 Å². The van der Waals surface area contributed by atoms with Crippen molar-refractivity contribution in [3.8, 4) is 11.4 Å². The number of alkyl halides is 3. The number of methoxy groups -OCH3 is 1. The molecule has 0 unspecified atom stereocenters. The van der Waals surface area contributed by atoms with Crippen LogP contribution in [0, 0.1) is 0 Å². The van der Waals surface area contributed by atoms with E-state index < -0.39 is 11.7 Å². The van der Waals surface area contributed by atoms with Crippen LogP contribution in [0.25, 0.3) is 16.6 Å². The average Bonchev–Trinajstić information content (AvgIpc) is 2.88. The fourth-order valence-corrected chi connectivity index (χ4v) is 2.41. The summed E-state index contributed by atoms with van der Waals surface area (Å²) in [5.41, 5.74) is 6.07. The molecular formula is C16H13F3N2O. The van der Waals surface area contributed by atoms with Crippen LogP contribution in [0.1, 0.15) is 5.56 Å². The quantitative estimate of drug-likeness (QED) is 0.719. The average molecular weight is 306 g/mol. The fourth-order valence-electron chi connectivity index (χ4n) is 2.41. The first-order valence-corrected chi connectivity index (χ1v) is 6.52. The van der Waals surface area contributed by atoms with E-state index in [2.05, 4.69) is 0 Å². The van der Waals surface area contributed by atoms with E-state index in [1.807, 2.05) is 12.1 Å². The van der Waals surface area contributed by atoms with Gasteiger partial charge in [-0.05, 0) is 42.5 Å². The summed E-state index contributed by atoms with van der Waals surface area (Å²) in [6.07, 6.45) is -2.73. The summed E-state index contributed by atoms with van der Waals surface area (Å²) in [6.45, 7) is 0. The van der Waals surface area contributed by atoms with Crippen molar-refractivity contribution >= 4 is 16.6 Å². The predicted octanol–water partition coefficient (Wildman–Crippen LogP) is 4.24. The number of hydrogen-bond donors (Lipinski definition) is 1. The Morgan fingerprint density at radius 2 is 1.82 bits per heavy atom. The van der Waals surface area contributed by atoms with Crippen LogP contribution in [0.5, 0.6) is 5.75 Å². The molecule has 6 heteroatoms. The summed E-state index contributed by atoms with van der Waals surface area (Å²) >= 11 is 0. The van der Waals surface area contributed by atoms with Crippen molar-refractivity contribution in [1.29, 1.82) is 0 Å². The highest BCUT2D eigenvalue weighted by Gasteiger charge is 2.31. The maximum atomic E-state index is 12.9. The van der Waals surface area contributed by atoms with Crippen LogP contribution in [0.2, 0.25) is 0 Å². The van der Waals surface area contributed by atoms with Gasteiger partial charge in [-0.3, -0.25) is 0 Å². The van der Waals surface area contributed by atoms with E-state index in [0.29, 0.717) is 11.4 Å². The van der Waals surface area contributed by atoms with Crippen molar-refractivity contribution in [3.63, 3.8) is 0 Å². The zero-order chi connectivity index (χ0) is 15.9. The predicted molar refractivity (Wildman–Crippen MR) is 79.2 cm³/mol. The maximum Gasteiger partial charge on any atom is 0.416 e. The first-order chi connectivity index (χ1) is 10.4. The number of nitrogens with two attached hydrogens (primary N) is 1. The molecule has 1 aromatic heterocycles. The molecule has 3 nitrogen and oxygen atoms in total. The van der Waals surface area contributed by atoms with Crippen molar-refractivity contribution < 1.29 is 17.9 Å². The molecule has 0 aliphatic heterocycles. The lowest BCUT2D eigenvalue weighted by Gasteiger charge is -2.12. The third-order valence-corrected chi connectivity index (χ3v) is 3.44. The number of ether oxygens (including phenoxy) is 1. The molecule has 0 saturated heterocycles. The molecule has 2 N–H and O–H groups in total. The van der Waals surface area contributed by atoms with Gasteiger partial charge in [0.2, 0.25) is 0 Å². The second kappa shape index (κ2) is 4.98. The topological polar surface area (TPSA) is 40.2 Å². The van der Waals surface area contributed by atoms with Gasteiger partial charge in [-0.1, -0.05) is 0 Å². The van der Waals surface area contributed by atoms with Crippen LogP contribution >= 0.6 is 0 Å². The molecular weight excluding hydrogens is 293 g/mol. The monoisotopic (exact) mass is 306 g/mol. The maximum absolute atomic E-state index is 12.9. The van der Waals surface area contributed by atoms with Crippen molar-refractivity contribution in [2.45, 2.75) is 6.18 Å². The SMILES string of the molecule is COc1ccc2c(ccn2-c2cc(N)cc(C(F)(F)F)c2)c1. The molecule has 0 spiro atoms. The van der Waals surface area contributed by atoms with Crippen molar-refractivity contribution in [2.24, 2.45) is 0 Å². The van der Waals surface area contributed by atoms with Crippen LogP contribution in [-0.4, -0.2) is 11.7 Å². The van der Waals surface area contributed by atoms with Gasteiger partial charge in [0, 0.05) is 23.0 Å². The fraction of sp³-hybridized carbons (Fsp3) is 0.125. The molecule has 3 rings (SSSR count). The Labute approximate surface area is 124 Å². The molecule has 0 saturated carbocycles. The Bertz CT molecular complexity index is 837. The van der Waals surface area contributed by atoms with Gasteiger partial charge in [-0.15, -0.1) is 0 Å². The third-order valence-electron chi connectivity index (χ3n) is 3.44. The van der Waals surface area contributed by atoms with Crippen LogP contribution in [-0.2, 0) is 6.18 Å². The molecule has 0 radical (unpaired) electrons. The lowest BCUT2D eigenvalue weighted by Crippen LogP contribution is -2.07. The van der Waals surface area contributed by atoms with Gasteiger partial charge in [0.1, 0.15) is 5.75 Å². The molecule has 0 fully saturated rings. The summed E-state index contributed by atoms with van der Waals surface area (Å²) in [5.74, 6) is 0.689. The number of nitrogen functional groups attached to an aromatic ring is 1. The molecule has 114 valence electrons. The van der Waals surface area contributed by atoms with E-state index >= 15 is 0 Å². The number of fused-ring (bicyclic) bond motifs is 1. The Hall–Kier alpha value is -2.63. The highest BCUT2D eigenvalue weighted by atomic mass is 19.4. The van der Waals surface area contributed by atoms with Gasteiger partial charge in [0.25, 0.3) is 0 Å². The molecule has 0 amide bonds. The minimum absolute atomic E-state index is 0.0696. The third kappa shape index (κ3) is 2.47. The second-order valence-electron chi connectivity index (χ2n) is 4.92. The molecule has 3 aromatic rings. The highest BCUT2D eigenvalue weighted by molar-refractivity contribution is 5.83. The first kappa shape index (κ1) is 14.3. The van der Waals surface area contributed by atoms with Crippen LogP contribution in [0.4, 0.5) is 18.9 Å². The minimum Gasteiger partial charge on any atom is -0.497 e. The van der Waals surface area contributed by atoms with Gasteiger partial charge >= 0.3 is 6.18 Å². The number of benzene rings is 2. The smallest absolute Gasteiger partial charge is 0.416 e. The lowest BCUT2D eigenvalue weighted by atomic mass is 10.1. The summed E-state index contributed by atoms with van der Waals surface area (Å²) in [6, 6.07) is 10.7. The summed E-state index contributed by atoms with van der Waals surface area (Å²) in [4.78, 5) is 0. The van der Waals surface area contributed by atoms with Gasteiger partial charge in [-0.25, -0.2) is 0 Å². The van der Waals surface area contributed by atoms with Crippen LogP contribution < -0.4 is 10.5 Å². The Balaban J connectivity index is 2.17. The van der Waals surface area contributed by atoms with Crippen molar-refractivity contribution in [2.75, 3.05) is 12.8 Å². The molecule has 0 bridgehead atoms. The molecule has 0 atom stereocenters. The zero-order valence-corrected chi connectivity index (χ0v) is 11.7. The Kier molecular flexibility index (Phi) is 3.24. The molecule has 2 aromatic carbocycles. The molecule has 1 heterocycles. The minimum atomic E-state index is -4.43. The Morgan fingerprint density at radius 3 is 2.50 bits per heavy atom. The standard InChI is InChI=1S/C16H13F3N2O/c1-22-14-2-3-15-10(6-14)4-5-21(15)13-8-11(16(17,18)19)7-12(20)9-13/h2-9H,20H2,1H3. The molecule has 0 aliphatic rings. The summed E-state index contributed by atoms with van der Waals surface area (Å²) in [5, 5.41) is 0.871. The Morgan fingerprint density at radius 1 is 1.05 bits per heavy atom. The number of nitrogens with zero attached hydrogens (tertiary/aromatic N) is 1. The summed E-state index contributed by atoms with van der Waals surface area (Å²) < 4.78 is 45.6. The summed E-state index contributed by atoms with van der Waals surface area (Å²) in [7, 11) is 1.56. The first-order valence-electron chi connectivity index (χ1n) is 6.52. The van der Waals surface area contributed by atoms with Gasteiger partial charge in [0.05, 0.1) is 18.2 Å². The van der Waals surface area contributed by atoms with E-state index in [1.54, 1.807) is 30.0 Å². The molecule has 0 aliphatic carbocycles. The van der Waals surface area contributed by atoms with Crippen molar-refractivity contribution in [3.05, 3.63) is 54.2 Å². The second-order valence-corrected chi connectivity index (χ2v) is 4.92. The normalized spacial score (nSPS) is 11.8. The van der Waals surface area contributed by atoms with Gasteiger partial charge in [-0.2, -0.15) is 13.2 Å². The van der Waals surface area contributed by atoms with Crippen molar-refractivity contribution in [1.82, 2.24) is 4.57 Å². The van der Waals surface area contributed by atoms with E-state index in [0.717, 1.165) is 23.0 Å². The van der Waals surface area contributed by atoms with Crippen LogP contribution in [0.15, 0.2) is 48.7 Å². The number of anilines is 1. The van der Waals surface area contributed by atoms with Gasteiger partial charge in [0.15, 0.2) is 0 Å². The highest BCUT2D eigenvalue weighted by Crippen LogP contribution is 2.33. The lowest BCUT2D eigenvalue weighted by molar-refractivity contribution is -0.137. The molecule has 22 heavy (non-hydrogen) atoms. The largest absolute Gasteiger partial charge is 0.497 e. The number of halogens is 3. The van der Waals surface area contributed by atoms with E-state index in [4.69, 9.17) is 10.5 Å². The number of aromatic nitrogens is 1.